The average Bonchev–Trinajstić information content (AvgIpc) is 2.06. The molecule has 0 spiro atoms. The number of carbonyl (C=O) groups is 1. The van der Waals surface area contributed by atoms with Crippen LogP contribution >= 0.6 is 0 Å². The Bertz CT molecular complexity index is 159. The van der Waals surface area contributed by atoms with Gasteiger partial charge in [-0.15, -0.1) is 0 Å². The Labute approximate surface area is 73.9 Å². The minimum atomic E-state index is -0.193. The second-order valence-corrected chi connectivity index (χ2v) is 2.47. The molecule has 0 aliphatic rings. The molecule has 0 amide bonds. The number of rotatable bonds is 6. The summed E-state index contributed by atoms with van der Waals surface area (Å²) in [5.74, 6) is -0.193. The van der Waals surface area contributed by atoms with Crippen LogP contribution in [0.5, 0.6) is 0 Å². The number of esters is 1. The van der Waals surface area contributed by atoms with Crippen LogP contribution in [0.1, 0.15) is 32.6 Å². The molecule has 0 bridgehead atoms. The molecule has 0 aromatic carbocycles. The van der Waals surface area contributed by atoms with E-state index in [1.54, 1.807) is 0 Å². The summed E-state index contributed by atoms with van der Waals surface area (Å²) in [6.07, 6.45) is 7.67. The lowest BCUT2D eigenvalue weighted by Crippen LogP contribution is -1.98. The average molecular weight is 167 g/mol. The van der Waals surface area contributed by atoms with Crippen LogP contribution in [0.2, 0.25) is 0 Å². The third kappa shape index (κ3) is 7.06. The fourth-order valence-electron chi connectivity index (χ4n) is 0.739. The van der Waals surface area contributed by atoms with E-state index in [2.05, 4.69) is 6.92 Å². The third-order valence-corrected chi connectivity index (χ3v) is 1.37. The van der Waals surface area contributed by atoms with Gasteiger partial charge in [0.1, 0.15) is 0 Å². The van der Waals surface area contributed by atoms with Gasteiger partial charge in [0.25, 0.3) is 0 Å². The Balaban J connectivity index is 3.33. The molecule has 2 heteroatoms. The van der Waals surface area contributed by atoms with Crippen molar-refractivity contribution in [3.63, 3.8) is 0 Å². The van der Waals surface area contributed by atoms with Crippen molar-refractivity contribution in [1.82, 2.24) is 0 Å². The molecule has 0 N–H and O–H groups in total. The van der Waals surface area contributed by atoms with Crippen LogP contribution in [0.4, 0.5) is 0 Å². The first-order valence-corrected chi connectivity index (χ1v) is 4.20. The fourth-order valence-corrected chi connectivity index (χ4v) is 0.739. The molecule has 12 heavy (non-hydrogen) atoms. The first-order valence-electron chi connectivity index (χ1n) is 4.20. The Morgan fingerprint density at radius 1 is 1.50 bits per heavy atom. The molecule has 0 heterocycles. The van der Waals surface area contributed by atoms with Gasteiger partial charge in [0.2, 0.25) is 0 Å². The van der Waals surface area contributed by atoms with Gasteiger partial charge in [-0.1, -0.05) is 32.4 Å². The van der Waals surface area contributed by atoms with E-state index in [4.69, 9.17) is 11.3 Å². The molecule has 0 aromatic rings. The smallest absolute Gasteiger partial charge is 0.310 e. The maximum atomic E-state index is 10.9. The Hall–Kier alpha value is -1.05. The van der Waals surface area contributed by atoms with Gasteiger partial charge in [-0.3, -0.25) is 4.79 Å². The number of allylic oxidation sites excluding steroid dienone is 2. The highest BCUT2D eigenvalue weighted by atomic mass is 16.5. The number of hydrogen-bond acceptors (Lipinski definition) is 2. The summed E-state index contributed by atoms with van der Waals surface area (Å²) < 4.78 is 4.70. The monoisotopic (exact) mass is 167 g/mol. The number of hydrogen-bond donors (Lipinski definition) is 0. The van der Waals surface area contributed by atoms with Crippen molar-refractivity contribution >= 4 is 5.97 Å². The number of ether oxygens (including phenoxy) is 1. The minimum Gasteiger partial charge on any atom is -0.434 e. The summed E-state index contributed by atoms with van der Waals surface area (Å²) in [6.45, 7) is 7.13. The van der Waals surface area contributed by atoms with Gasteiger partial charge in [0.05, 0.1) is 6.26 Å². The molecule has 0 saturated heterocycles. The largest absolute Gasteiger partial charge is 0.434 e. The molecule has 67 valence electrons. The summed E-state index contributed by atoms with van der Waals surface area (Å²) in [6, 6.07) is 0. The highest BCUT2D eigenvalue weighted by Crippen LogP contribution is 2.00. The molecule has 0 rings (SSSR count). The van der Waals surface area contributed by atoms with Crippen LogP contribution in [0, 0.1) is 6.58 Å². The van der Waals surface area contributed by atoms with Gasteiger partial charge in [-0.2, -0.15) is 0 Å². The van der Waals surface area contributed by atoms with E-state index in [0.29, 0.717) is 6.42 Å². The molecule has 0 aromatic heterocycles. The molecule has 2 nitrogen and oxygen atoms in total. The van der Waals surface area contributed by atoms with E-state index in [0.717, 1.165) is 19.3 Å². The lowest BCUT2D eigenvalue weighted by molar-refractivity contribution is -0.138. The molecular formula is C10H15O2. The van der Waals surface area contributed by atoms with Crippen LogP contribution in [0.3, 0.4) is 0 Å². The van der Waals surface area contributed by atoms with Crippen LogP contribution in [0.25, 0.3) is 0 Å². The van der Waals surface area contributed by atoms with E-state index >= 15 is 0 Å². The van der Waals surface area contributed by atoms with Crippen molar-refractivity contribution in [2.75, 3.05) is 0 Å². The molecule has 0 saturated carbocycles. The van der Waals surface area contributed by atoms with E-state index in [1.165, 1.54) is 18.4 Å². The van der Waals surface area contributed by atoms with Gasteiger partial charge >= 0.3 is 5.97 Å². The van der Waals surface area contributed by atoms with Gasteiger partial charge in [-0.25, -0.2) is 0 Å². The molecule has 0 atom stereocenters. The first-order chi connectivity index (χ1) is 5.81. The zero-order chi connectivity index (χ0) is 9.23. The topological polar surface area (TPSA) is 26.3 Å². The summed E-state index contributed by atoms with van der Waals surface area (Å²) >= 11 is 0. The van der Waals surface area contributed by atoms with Crippen LogP contribution in [-0.2, 0) is 9.53 Å². The highest BCUT2D eigenvalue weighted by molar-refractivity contribution is 5.69. The Morgan fingerprint density at radius 3 is 2.83 bits per heavy atom. The van der Waals surface area contributed by atoms with E-state index in [9.17, 15) is 4.79 Å². The van der Waals surface area contributed by atoms with Crippen LogP contribution < -0.4 is 0 Å². The van der Waals surface area contributed by atoms with Crippen molar-refractivity contribution in [2.45, 2.75) is 32.6 Å². The van der Waals surface area contributed by atoms with Crippen LogP contribution in [-0.4, -0.2) is 5.97 Å². The maximum Gasteiger partial charge on any atom is 0.310 e. The molecule has 0 fully saturated rings. The maximum absolute atomic E-state index is 10.9. The van der Waals surface area contributed by atoms with Crippen molar-refractivity contribution in [3.05, 3.63) is 25.0 Å². The molecule has 0 aliphatic carbocycles. The van der Waals surface area contributed by atoms with Crippen LogP contribution in [0.15, 0.2) is 18.4 Å². The Morgan fingerprint density at radius 2 is 2.25 bits per heavy atom. The summed E-state index contributed by atoms with van der Waals surface area (Å²) in [7, 11) is 0. The van der Waals surface area contributed by atoms with Gasteiger partial charge in [0.15, 0.2) is 0 Å². The first kappa shape index (κ1) is 11.0. The standard InChI is InChI=1S/C10H15O2/c1-3-5-7-8-10(11)12-9-6-4-2/h2,4,6,9H,3,5,7-8H2,1H3. The minimum absolute atomic E-state index is 0.193. The molecule has 0 unspecified atom stereocenters. The Kier molecular flexibility index (Phi) is 7.35. The number of carbonyl (C=O) groups excluding carboxylic acids is 1. The van der Waals surface area contributed by atoms with E-state index in [1.807, 2.05) is 0 Å². The molecule has 1 radical (unpaired) electrons. The second-order valence-electron chi connectivity index (χ2n) is 2.47. The lowest BCUT2D eigenvalue weighted by atomic mass is 10.2. The summed E-state index contributed by atoms with van der Waals surface area (Å²) in [5.41, 5.74) is 0. The predicted molar refractivity (Wildman–Crippen MR) is 48.2 cm³/mol. The number of unbranched alkanes of at least 4 members (excludes halogenated alkanes) is 2. The third-order valence-electron chi connectivity index (χ3n) is 1.37. The van der Waals surface area contributed by atoms with Gasteiger partial charge in [0, 0.05) is 6.42 Å². The second kappa shape index (κ2) is 8.05. The zero-order valence-corrected chi connectivity index (χ0v) is 7.45. The lowest BCUT2D eigenvalue weighted by Gasteiger charge is -1.97. The normalized spacial score (nSPS) is 10.1. The highest BCUT2D eigenvalue weighted by Gasteiger charge is 1.98. The predicted octanol–water partition coefficient (Wildman–Crippen LogP) is 2.61. The SMILES string of the molecule is [CH]=CC=COC(=O)CCCCC. The van der Waals surface area contributed by atoms with Crippen molar-refractivity contribution in [2.24, 2.45) is 0 Å². The van der Waals surface area contributed by atoms with E-state index < -0.39 is 0 Å². The van der Waals surface area contributed by atoms with E-state index in [-0.39, 0.29) is 5.97 Å². The van der Waals surface area contributed by atoms with Crippen molar-refractivity contribution < 1.29 is 9.53 Å². The quantitative estimate of drug-likeness (QED) is 0.263. The van der Waals surface area contributed by atoms with Crippen molar-refractivity contribution in [3.8, 4) is 0 Å². The fraction of sp³-hybridized carbons (Fsp3) is 0.500. The molecule has 0 aliphatic heterocycles. The summed E-state index contributed by atoms with van der Waals surface area (Å²) in [4.78, 5) is 10.9. The van der Waals surface area contributed by atoms with Gasteiger partial charge < -0.3 is 4.74 Å². The van der Waals surface area contributed by atoms with Crippen molar-refractivity contribution in [1.29, 1.82) is 0 Å². The summed E-state index contributed by atoms with van der Waals surface area (Å²) in [5, 5.41) is 0. The zero-order valence-electron chi connectivity index (χ0n) is 7.45. The molecular weight excluding hydrogens is 152 g/mol. The van der Waals surface area contributed by atoms with Gasteiger partial charge in [-0.05, 0) is 12.5 Å².